The number of nitriles is 1. The summed E-state index contributed by atoms with van der Waals surface area (Å²) in [4.78, 5) is 12.6. The Morgan fingerprint density at radius 3 is 2.60 bits per heavy atom. The smallest absolute Gasteiger partial charge is 0.238 e. The van der Waals surface area contributed by atoms with Crippen LogP contribution in [-0.4, -0.2) is 37.7 Å². The number of aryl methyl sites for hydroxylation is 2. The van der Waals surface area contributed by atoms with Crippen molar-refractivity contribution >= 4 is 28.2 Å². The summed E-state index contributed by atoms with van der Waals surface area (Å²) in [6, 6.07) is 6.82. The minimum atomic E-state index is -3.49. The van der Waals surface area contributed by atoms with Gasteiger partial charge in [-0.15, -0.1) is 12.4 Å². The molecule has 0 spiro atoms. The van der Waals surface area contributed by atoms with E-state index >= 15 is 0 Å². The van der Waals surface area contributed by atoms with Gasteiger partial charge in [-0.25, -0.2) is 8.42 Å². The van der Waals surface area contributed by atoms with E-state index in [0.717, 1.165) is 11.1 Å². The predicted octanol–water partition coefficient (Wildman–Crippen LogP) is 1.40. The van der Waals surface area contributed by atoms with Gasteiger partial charge in [0.15, 0.2) is 9.84 Å². The maximum absolute atomic E-state index is 12.9. The molecule has 0 bridgehead atoms. The average Bonchev–Trinajstić information content (AvgIpc) is 3.10. The zero-order chi connectivity index (χ0) is 17.5. The monoisotopic (exact) mass is 383 g/mol. The Bertz CT molecular complexity index is 828. The number of hydrogen-bond acceptors (Lipinski definition) is 5. The van der Waals surface area contributed by atoms with Gasteiger partial charge in [-0.3, -0.25) is 4.79 Å². The van der Waals surface area contributed by atoms with Crippen LogP contribution in [0.3, 0.4) is 0 Å². The van der Waals surface area contributed by atoms with E-state index in [2.05, 4.69) is 16.7 Å². The molecule has 8 heteroatoms. The van der Waals surface area contributed by atoms with E-state index in [9.17, 15) is 13.2 Å². The van der Waals surface area contributed by atoms with Crippen LogP contribution >= 0.6 is 12.4 Å². The fourth-order valence-electron chi connectivity index (χ4n) is 3.15. The van der Waals surface area contributed by atoms with Crippen molar-refractivity contribution in [2.24, 2.45) is 0 Å². The summed E-state index contributed by atoms with van der Waals surface area (Å²) in [6.07, 6.45) is 1.54. The van der Waals surface area contributed by atoms with Crippen LogP contribution in [0.4, 0.5) is 0 Å². The lowest BCUT2D eigenvalue weighted by molar-refractivity contribution is -0.123. The van der Waals surface area contributed by atoms with Gasteiger partial charge in [0, 0.05) is 6.54 Å². The Morgan fingerprint density at radius 1 is 1.36 bits per heavy atom. The molecule has 1 heterocycles. The Kier molecular flexibility index (Phi) is 5.47. The molecule has 1 saturated carbocycles. The standard InChI is InChI=1S/C17H21N3O3S.ClH/c1-11-3-4-15(12(2)7-11)24(22,23)13-8-14(19-9-13)16(21)20-17(10-18)5-6-17;/h3-4,7,13-14,19H,5-6,8-9H2,1-2H3,(H,20,21);1H/t13-,14+;/m1./s1. The minimum Gasteiger partial charge on any atom is -0.336 e. The lowest BCUT2D eigenvalue weighted by atomic mass is 10.2. The molecule has 0 unspecified atom stereocenters. The van der Waals surface area contributed by atoms with Crippen molar-refractivity contribution in [2.45, 2.75) is 54.8 Å². The van der Waals surface area contributed by atoms with Crippen LogP contribution in [0.15, 0.2) is 23.1 Å². The molecule has 1 amide bonds. The molecule has 3 rings (SSSR count). The summed E-state index contributed by atoms with van der Waals surface area (Å²) in [6.45, 7) is 3.95. The number of halogens is 1. The summed E-state index contributed by atoms with van der Waals surface area (Å²) in [5.41, 5.74) is 1.01. The molecule has 25 heavy (non-hydrogen) atoms. The Morgan fingerprint density at radius 2 is 2.04 bits per heavy atom. The molecule has 136 valence electrons. The molecule has 0 radical (unpaired) electrons. The second kappa shape index (κ2) is 6.94. The molecular weight excluding hydrogens is 362 g/mol. The summed E-state index contributed by atoms with van der Waals surface area (Å²) >= 11 is 0. The molecule has 2 N–H and O–H groups in total. The summed E-state index contributed by atoms with van der Waals surface area (Å²) in [5.74, 6) is -0.285. The van der Waals surface area contributed by atoms with E-state index in [1.807, 2.05) is 13.0 Å². The van der Waals surface area contributed by atoms with Crippen molar-refractivity contribution < 1.29 is 13.2 Å². The van der Waals surface area contributed by atoms with Gasteiger partial charge >= 0.3 is 0 Å². The maximum Gasteiger partial charge on any atom is 0.238 e. The van der Waals surface area contributed by atoms with Crippen molar-refractivity contribution in [3.8, 4) is 6.07 Å². The third-order valence-corrected chi connectivity index (χ3v) is 7.12. The molecule has 2 fully saturated rings. The first-order chi connectivity index (χ1) is 11.3. The summed E-state index contributed by atoms with van der Waals surface area (Å²) in [7, 11) is -3.49. The highest BCUT2D eigenvalue weighted by atomic mass is 35.5. The summed E-state index contributed by atoms with van der Waals surface area (Å²) < 4.78 is 25.7. The van der Waals surface area contributed by atoms with Gasteiger partial charge in [0.05, 0.1) is 22.3 Å². The number of amides is 1. The first kappa shape index (κ1) is 19.7. The third kappa shape index (κ3) is 3.81. The van der Waals surface area contributed by atoms with Crippen molar-refractivity contribution in [1.29, 1.82) is 5.26 Å². The average molecular weight is 384 g/mol. The molecule has 2 aliphatic rings. The van der Waals surface area contributed by atoms with Gasteiger partial charge in [0.1, 0.15) is 5.54 Å². The van der Waals surface area contributed by atoms with E-state index in [1.54, 1.807) is 19.1 Å². The van der Waals surface area contributed by atoms with Crippen molar-refractivity contribution in [3.05, 3.63) is 29.3 Å². The molecule has 1 saturated heterocycles. The van der Waals surface area contributed by atoms with Crippen LogP contribution in [0.1, 0.15) is 30.4 Å². The molecule has 1 aliphatic carbocycles. The van der Waals surface area contributed by atoms with Crippen LogP contribution in [0, 0.1) is 25.2 Å². The largest absolute Gasteiger partial charge is 0.336 e. The quantitative estimate of drug-likeness (QED) is 0.818. The Hall–Kier alpha value is -1.62. The maximum atomic E-state index is 12.9. The number of nitrogens with zero attached hydrogens (tertiary/aromatic N) is 1. The molecule has 6 nitrogen and oxygen atoms in total. The predicted molar refractivity (Wildman–Crippen MR) is 96.3 cm³/mol. The van der Waals surface area contributed by atoms with Crippen molar-refractivity contribution in [3.63, 3.8) is 0 Å². The third-order valence-electron chi connectivity index (χ3n) is 4.81. The van der Waals surface area contributed by atoms with Crippen LogP contribution in [-0.2, 0) is 14.6 Å². The normalized spacial score (nSPS) is 24.0. The number of carbonyl (C=O) groups is 1. The molecule has 1 aromatic rings. The van der Waals surface area contributed by atoms with Crippen LogP contribution < -0.4 is 10.6 Å². The second-order valence-electron chi connectivity index (χ2n) is 6.82. The highest BCUT2D eigenvalue weighted by Crippen LogP contribution is 2.34. The molecular formula is C17H22ClN3O3S. The highest BCUT2D eigenvalue weighted by molar-refractivity contribution is 7.92. The number of hydrogen-bond donors (Lipinski definition) is 2. The number of rotatable bonds is 4. The molecule has 1 aromatic carbocycles. The van der Waals surface area contributed by atoms with E-state index in [-0.39, 0.29) is 31.3 Å². The minimum absolute atomic E-state index is 0. The SMILES string of the molecule is Cc1ccc(S(=O)(=O)[C@H]2CN[C@H](C(=O)NC3(C#N)CC3)C2)c(C)c1.Cl. The molecule has 0 aromatic heterocycles. The van der Waals surface area contributed by atoms with E-state index in [4.69, 9.17) is 5.26 Å². The van der Waals surface area contributed by atoms with E-state index < -0.39 is 26.7 Å². The zero-order valence-corrected chi connectivity index (χ0v) is 15.8. The van der Waals surface area contributed by atoms with Crippen LogP contribution in [0.25, 0.3) is 0 Å². The molecule has 2 atom stereocenters. The van der Waals surface area contributed by atoms with Gasteiger partial charge in [-0.1, -0.05) is 17.7 Å². The zero-order valence-electron chi connectivity index (χ0n) is 14.2. The van der Waals surface area contributed by atoms with Gasteiger partial charge < -0.3 is 10.6 Å². The topological polar surface area (TPSA) is 99.1 Å². The van der Waals surface area contributed by atoms with Crippen molar-refractivity contribution in [1.82, 2.24) is 10.6 Å². The first-order valence-corrected chi connectivity index (χ1v) is 9.60. The number of carbonyl (C=O) groups excluding carboxylic acids is 1. The fourth-order valence-corrected chi connectivity index (χ4v) is 5.04. The van der Waals surface area contributed by atoms with Crippen molar-refractivity contribution in [2.75, 3.05) is 6.54 Å². The summed E-state index contributed by atoms with van der Waals surface area (Å²) in [5, 5.41) is 14.1. The Balaban J connectivity index is 0.00000225. The number of nitrogens with one attached hydrogen (secondary N) is 2. The van der Waals surface area contributed by atoms with Gasteiger partial charge in [0.2, 0.25) is 5.91 Å². The van der Waals surface area contributed by atoms with Crippen LogP contribution in [0.2, 0.25) is 0 Å². The Labute approximate surface area is 154 Å². The van der Waals surface area contributed by atoms with E-state index in [1.165, 1.54) is 0 Å². The van der Waals surface area contributed by atoms with E-state index in [0.29, 0.717) is 17.7 Å². The van der Waals surface area contributed by atoms with Gasteiger partial charge in [-0.05, 0) is 44.7 Å². The highest BCUT2D eigenvalue weighted by Gasteiger charge is 2.47. The second-order valence-corrected chi connectivity index (χ2v) is 9.01. The fraction of sp³-hybridized carbons (Fsp3) is 0.529. The van der Waals surface area contributed by atoms with Crippen LogP contribution in [0.5, 0.6) is 0 Å². The number of sulfone groups is 1. The van der Waals surface area contributed by atoms with Gasteiger partial charge in [-0.2, -0.15) is 5.26 Å². The lowest BCUT2D eigenvalue weighted by Crippen LogP contribution is -2.45. The number of benzene rings is 1. The van der Waals surface area contributed by atoms with Gasteiger partial charge in [0.25, 0.3) is 0 Å². The lowest BCUT2D eigenvalue weighted by Gasteiger charge is -2.15. The first-order valence-electron chi connectivity index (χ1n) is 8.05. The molecule has 1 aliphatic heterocycles.